The van der Waals surface area contributed by atoms with Crippen molar-refractivity contribution < 1.29 is 28.5 Å². The Morgan fingerprint density at radius 3 is 2.72 bits per heavy atom. The maximum atomic E-state index is 12.1. The number of hydrogen-bond donors (Lipinski definition) is 1. The van der Waals surface area contributed by atoms with E-state index in [1.54, 1.807) is 18.2 Å². The van der Waals surface area contributed by atoms with E-state index in [1.165, 1.54) is 13.2 Å². The van der Waals surface area contributed by atoms with E-state index >= 15 is 0 Å². The summed E-state index contributed by atoms with van der Waals surface area (Å²) in [6.07, 6.45) is 6.86. The van der Waals surface area contributed by atoms with Crippen LogP contribution in [0, 0.1) is 11.3 Å². The van der Waals surface area contributed by atoms with Crippen molar-refractivity contribution in [1.82, 2.24) is 5.32 Å². The monoisotopic (exact) mass is 400 g/mol. The van der Waals surface area contributed by atoms with Gasteiger partial charge >= 0.3 is 5.97 Å². The Kier molecular flexibility index (Phi) is 6.60. The average Bonchev–Trinajstić information content (AvgIpc) is 2.76. The second-order valence-electron chi connectivity index (χ2n) is 6.99. The lowest BCUT2D eigenvalue weighted by Gasteiger charge is -2.31. The van der Waals surface area contributed by atoms with Crippen LogP contribution in [0.2, 0.25) is 0 Å². The van der Waals surface area contributed by atoms with E-state index in [2.05, 4.69) is 11.4 Å². The third-order valence-corrected chi connectivity index (χ3v) is 4.91. The summed E-state index contributed by atoms with van der Waals surface area (Å²) in [5, 5.41) is 12.1. The highest BCUT2D eigenvalue weighted by Crippen LogP contribution is 2.40. The Morgan fingerprint density at radius 1 is 1.24 bits per heavy atom. The number of hydrogen-bond acceptors (Lipinski definition) is 7. The minimum atomic E-state index is -0.848. The molecule has 0 unspecified atom stereocenters. The summed E-state index contributed by atoms with van der Waals surface area (Å²) in [5.74, 6) is 0.435. The van der Waals surface area contributed by atoms with Crippen molar-refractivity contribution in [3.05, 3.63) is 23.8 Å². The van der Waals surface area contributed by atoms with Crippen molar-refractivity contribution in [2.45, 2.75) is 37.6 Å². The van der Waals surface area contributed by atoms with Crippen molar-refractivity contribution in [2.24, 2.45) is 0 Å². The average molecular weight is 400 g/mol. The standard InChI is InChI=1S/C21H24N2O6/c1-26-16-11-15(12-17-20(16)28-10-9-27-17)5-6-19(25)29-13-18(24)23-21(14-22)7-3-2-4-8-21/h5-6,11-12H,2-4,7-10,13H2,1H3,(H,23,24)/b6-5+. The molecule has 8 heteroatoms. The van der Waals surface area contributed by atoms with Crippen LogP contribution in [0.5, 0.6) is 17.2 Å². The molecule has 0 spiro atoms. The molecule has 1 aromatic carbocycles. The van der Waals surface area contributed by atoms with Gasteiger partial charge in [0, 0.05) is 6.08 Å². The molecule has 0 bridgehead atoms. The zero-order valence-corrected chi connectivity index (χ0v) is 16.4. The normalized spacial score (nSPS) is 17.2. The number of carbonyl (C=O) groups is 2. The summed E-state index contributed by atoms with van der Waals surface area (Å²) in [5.41, 5.74) is -0.183. The van der Waals surface area contributed by atoms with E-state index in [4.69, 9.17) is 18.9 Å². The minimum absolute atomic E-state index is 0.433. The Hall–Kier alpha value is -3.21. The summed E-state index contributed by atoms with van der Waals surface area (Å²) in [6, 6.07) is 5.64. The molecular formula is C21H24N2O6. The van der Waals surface area contributed by atoms with Crippen LogP contribution >= 0.6 is 0 Å². The van der Waals surface area contributed by atoms with Gasteiger partial charge < -0.3 is 24.3 Å². The molecule has 0 radical (unpaired) electrons. The van der Waals surface area contributed by atoms with Crippen molar-refractivity contribution in [2.75, 3.05) is 26.9 Å². The quantitative estimate of drug-likeness (QED) is 0.577. The molecule has 1 N–H and O–H groups in total. The smallest absolute Gasteiger partial charge is 0.331 e. The molecule has 1 aliphatic carbocycles. The molecule has 1 amide bonds. The van der Waals surface area contributed by atoms with Crippen molar-refractivity contribution in [1.29, 1.82) is 5.26 Å². The number of esters is 1. The number of methoxy groups -OCH3 is 1. The number of nitrogens with zero attached hydrogens (tertiary/aromatic N) is 1. The predicted octanol–water partition coefficient (Wildman–Crippen LogP) is 2.37. The maximum absolute atomic E-state index is 12.1. The van der Waals surface area contributed by atoms with Gasteiger partial charge in [-0.3, -0.25) is 4.79 Å². The molecule has 1 aliphatic heterocycles. The molecule has 0 aromatic heterocycles. The lowest BCUT2D eigenvalue weighted by molar-refractivity contribution is -0.144. The summed E-state index contributed by atoms with van der Waals surface area (Å²) in [4.78, 5) is 24.1. The van der Waals surface area contributed by atoms with E-state index < -0.39 is 24.0 Å². The van der Waals surface area contributed by atoms with Crippen molar-refractivity contribution >= 4 is 18.0 Å². The first kappa shape index (κ1) is 20.5. The van der Waals surface area contributed by atoms with Gasteiger partial charge in [-0.1, -0.05) is 19.3 Å². The van der Waals surface area contributed by atoms with Crippen LogP contribution < -0.4 is 19.5 Å². The van der Waals surface area contributed by atoms with Gasteiger partial charge in [0.05, 0.1) is 13.2 Å². The number of nitrogens with one attached hydrogen (secondary N) is 1. The zero-order valence-electron chi connectivity index (χ0n) is 16.4. The number of carbonyl (C=O) groups excluding carboxylic acids is 2. The first-order valence-electron chi connectivity index (χ1n) is 9.60. The first-order chi connectivity index (χ1) is 14.0. The van der Waals surface area contributed by atoms with Gasteiger partial charge in [-0.15, -0.1) is 0 Å². The Bertz CT molecular complexity index is 819. The molecule has 1 fully saturated rings. The van der Waals surface area contributed by atoms with Gasteiger partial charge in [0.2, 0.25) is 5.75 Å². The highest BCUT2D eigenvalue weighted by Gasteiger charge is 2.33. The second kappa shape index (κ2) is 9.32. The topological polar surface area (TPSA) is 107 Å². The highest BCUT2D eigenvalue weighted by atomic mass is 16.6. The van der Waals surface area contributed by atoms with Crippen LogP contribution in [0.15, 0.2) is 18.2 Å². The Morgan fingerprint density at radius 2 is 2.00 bits per heavy atom. The molecule has 0 saturated heterocycles. The van der Waals surface area contributed by atoms with Crippen molar-refractivity contribution in [3.8, 4) is 23.3 Å². The first-order valence-corrected chi connectivity index (χ1v) is 9.60. The molecule has 1 saturated carbocycles. The predicted molar refractivity (Wildman–Crippen MR) is 104 cm³/mol. The lowest BCUT2D eigenvalue weighted by Crippen LogP contribution is -2.49. The Balaban J connectivity index is 1.55. The molecule has 154 valence electrons. The maximum Gasteiger partial charge on any atom is 0.331 e. The number of rotatable bonds is 6. The molecule has 8 nitrogen and oxygen atoms in total. The highest BCUT2D eigenvalue weighted by molar-refractivity contribution is 5.89. The van der Waals surface area contributed by atoms with Crippen molar-refractivity contribution in [3.63, 3.8) is 0 Å². The summed E-state index contributed by atoms with van der Waals surface area (Å²) in [7, 11) is 1.52. The van der Waals surface area contributed by atoms with E-state index in [9.17, 15) is 14.9 Å². The van der Waals surface area contributed by atoms with E-state index in [0.29, 0.717) is 48.9 Å². The summed E-state index contributed by atoms with van der Waals surface area (Å²) >= 11 is 0. The van der Waals surface area contributed by atoms with E-state index in [-0.39, 0.29) is 0 Å². The number of ether oxygens (including phenoxy) is 4. The Labute approximate surface area is 169 Å². The van der Waals surface area contributed by atoms with Crippen LogP contribution in [0.3, 0.4) is 0 Å². The van der Waals surface area contributed by atoms with E-state index in [0.717, 1.165) is 19.3 Å². The molecule has 29 heavy (non-hydrogen) atoms. The lowest BCUT2D eigenvalue weighted by atomic mass is 9.83. The minimum Gasteiger partial charge on any atom is -0.493 e. The summed E-state index contributed by atoms with van der Waals surface area (Å²) in [6.45, 7) is 0.446. The van der Waals surface area contributed by atoms with Gasteiger partial charge in [-0.05, 0) is 36.6 Å². The second-order valence-corrected chi connectivity index (χ2v) is 6.99. The van der Waals surface area contributed by atoms with Crippen LogP contribution in [-0.2, 0) is 14.3 Å². The third kappa shape index (κ3) is 5.19. The van der Waals surface area contributed by atoms with Gasteiger partial charge in [-0.2, -0.15) is 5.26 Å². The molecule has 1 aromatic rings. The largest absolute Gasteiger partial charge is 0.493 e. The molecule has 3 rings (SSSR count). The van der Waals surface area contributed by atoms with E-state index in [1.807, 2.05) is 0 Å². The molecule has 1 heterocycles. The van der Waals surface area contributed by atoms with Crippen LogP contribution in [0.25, 0.3) is 6.08 Å². The fourth-order valence-corrected chi connectivity index (χ4v) is 3.46. The fraction of sp³-hybridized carbons (Fsp3) is 0.476. The van der Waals surface area contributed by atoms with Gasteiger partial charge in [-0.25, -0.2) is 4.79 Å². The van der Waals surface area contributed by atoms with Crippen LogP contribution in [-0.4, -0.2) is 44.3 Å². The summed E-state index contributed by atoms with van der Waals surface area (Å²) < 4.78 is 21.4. The molecule has 2 aliphatic rings. The van der Waals surface area contributed by atoms with Crippen LogP contribution in [0.4, 0.5) is 0 Å². The van der Waals surface area contributed by atoms with Gasteiger partial charge in [0.1, 0.15) is 18.8 Å². The number of nitriles is 1. The number of amides is 1. The SMILES string of the molecule is COc1cc(/C=C/C(=O)OCC(=O)NC2(C#N)CCCCC2)cc2c1OCCO2. The zero-order chi connectivity index (χ0) is 20.7. The molecule has 0 atom stereocenters. The fourth-order valence-electron chi connectivity index (χ4n) is 3.46. The van der Waals surface area contributed by atoms with Crippen LogP contribution in [0.1, 0.15) is 37.7 Å². The molecular weight excluding hydrogens is 376 g/mol. The number of fused-ring (bicyclic) bond motifs is 1. The number of benzene rings is 1. The third-order valence-electron chi connectivity index (χ3n) is 4.91. The van der Waals surface area contributed by atoms with Gasteiger partial charge in [0.25, 0.3) is 5.91 Å². The van der Waals surface area contributed by atoms with Gasteiger partial charge in [0.15, 0.2) is 18.1 Å².